The number of likely N-dealkylation sites (tertiary alicyclic amines) is 2. The first kappa shape index (κ1) is 48.4. The predicted octanol–water partition coefficient (Wildman–Crippen LogP) is 5.03. The first-order valence-electron chi connectivity index (χ1n) is 18.8. The number of nitrogens with zero attached hydrogens (tertiary/aromatic N) is 2. The molecule has 15 heteroatoms. The molecule has 6 rings (SSSR count). The largest absolute Gasteiger partial charge is 2.00 e. The maximum absolute atomic E-state index is 12.9. The molecule has 0 aliphatic carbocycles. The Labute approximate surface area is 392 Å². The van der Waals surface area contributed by atoms with Gasteiger partial charge in [0.2, 0.25) is 22.0 Å². The summed E-state index contributed by atoms with van der Waals surface area (Å²) in [5.41, 5.74) is 1.18. The number of carboxylic acid groups (broad SMARTS) is 2. The summed E-state index contributed by atoms with van der Waals surface area (Å²) in [6.45, 7) is 4.19. The molecule has 2 amide bonds. The van der Waals surface area contributed by atoms with Gasteiger partial charge in [0.05, 0.1) is 24.0 Å². The Bertz CT molecular complexity index is 1870. The Morgan fingerprint density at radius 3 is 1.15 bits per heavy atom. The molecule has 0 unspecified atom stereocenters. The number of hydrogen-bond acceptors (Lipinski definition) is 12. The van der Waals surface area contributed by atoms with Gasteiger partial charge in [-0.2, -0.15) is 0 Å². The third-order valence-corrected chi connectivity index (χ3v) is 14.3. The van der Waals surface area contributed by atoms with Crippen LogP contribution in [0.2, 0.25) is 0 Å². The minimum absolute atomic E-state index is 0. The van der Waals surface area contributed by atoms with E-state index < -0.39 is 35.9 Å². The minimum atomic E-state index is -1.23. The van der Waals surface area contributed by atoms with Crippen molar-refractivity contribution in [3.8, 4) is 0 Å². The van der Waals surface area contributed by atoms with Gasteiger partial charge in [-0.05, 0) is 37.1 Å². The van der Waals surface area contributed by atoms with Crippen LogP contribution in [0.15, 0.2) is 131 Å². The van der Waals surface area contributed by atoms with Crippen LogP contribution in [-0.2, 0) is 19.2 Å². The summed E-state index contributed by atoms with van der Waals surface area (Å²) in [6, 6.07) is 35.4. The number of hydrogen-bond donors (Lipinski definition) is 0. The third-order valence-electron chi connectivity index (χ3n) is 9.52. The van der Waals surface area contributed by atoms with E-state index in [2.05, 4.69) is 0 Å². The van der Waals surface area contributed by atoms with E-state index in [4.69, 9.17) is 0 Å². The van der Waals surface area contributed by atoms with Gasteiger partial charge in [-0.1, -0.05) is 134 Å². The monoisotopic (exact) mass is 896 g/mol. The van der Waals surface area contributed by atoms with Crippen molar-refractivity contribution in [1.82, 2.24) is 9.80 Å². The maximum Gasteiger partial charge on any atom is 2.00 e. The Balaban J connectivity index is 0.000000256. The zero-order valence-electron chi connectivity index (χ0n) is 32.8. The molecule has 0 radical (unpaired) electrons. The van der Waals surface area contributed by atoms with Gasteiger partial charge in [-0.25, -0.2) is 0 Å². The first-order chi connectivity index (χ1) is 27.9. The fourth-order valence-corrected chi connectivity index (χ4v) is 10.6. The van der Waals surface area contributed by atoms with E-state index in [1.54, 1.807) is 85.9 Å². The van der Waals surface area contributed by atoms with Crippen LogP contribution in [0.3, 0.4) is 0 Å². The molecule has 0 bridgehead atoms. The van der Waals surface area contributed by atoms with Crippen molar-refractivity contribution in [2.24, 2.45) is 11.8 Å². The van der Waals surface area contributed by atoms with Crippen molar-refractivity contribution < 1.29 is 39.0 Å². The molecule has 304 valence electrons. The van der Waals surface area contributed by atoms with Crippen LogP contribution in [0.1, 0.15) is 47.4 Å². The van der Waals surface area contributed by atoms with Crippen molar-refractivity contribution in [3.05, 3.63) is 132 Å². The van der Waals surface area contributed by atoms with Gasteiger partial charge in [0.25, 0.3) is 0 Å². The zero-order chi connectivity index (χ0) is 41.6. The predicted molar refractivity (Wildman–Crippen MR) is 233 cm³/mol. The standard InChI is InChI=1S/2C22H23NO4S2.Ca/c2*1-15(14-28-22(27)16-8-4-2-5-9-16)20(24)23-13-18(12-19(23)21(25)26)29-17-10-6-3-7-11-17;/h2*2-11,15,18-19H,12-14H2,1H3,(H,25,26);/q;;+2/p-2/t2*15-,18-,19-;/m11./s1. The number of rotatable bonds is 14. The molecule has 2 saturated heterocycles. The van der Waals surface area contributed by atoms with E-state index >= 15 is 0 Å². The molecule has 0 spiro atoms. The van der Waals surface area contributed by atoms with E-state index in [1.807, 2.05) is 72.8 Å². The average Bonchev–Trinajstić information content (AvgIpc) is 3.87. The van der Waals surface area contributed by atoms with Crippen LogP contribution < -0.4 is 10.2 Å². The number of benzene rings is 4. The molecule has 2 heterocycles. The summed E-state index contributed by atoms with van der Waals surface area (Å²) < 4.78 is 0. The van der Waals surface area contributed by atoms with Crippen molar-refractivity contribution in [1.29, 1.82) is 0 Å². The van der Waals surface area contributed by atoms with E-state index in [-0.39, 0.29) is 70.3 Å². The van der Waals surface area contributed by atoms with Gasteiger partial charge in [-0.3, -0.25) is 19.2 Å². The van der Waals surface area contributed by atoms with Gasteiger partial charge in [0.1, 0.15) is 0 Å². The van der Waals surface area contributed by atoms with Crippen LogP contribution in [0.5, 0.6) is 0 Å². The molecule has 6 atom stereocenters. The SMILES string of the molecule is C[C@H](CSC(=O)c1ccccc1)C(=O)N1C[C@H](Sc2ccccc2)C[C@@H]1C(=O)[O-].C[C@H](CSC(=O)c1ccccc1)C(=O)N1C[C@H](Sc2ccccc2)C[C@@H]1C(=O)[O-].[Ca+2]. The molecular weight excluding hydrogens is 853 g/mol. The summed E-state index contributed by atoms with van der Waals surface area (Å²) in [7, 11) is 0. The Morgan fingerprint density at radius 1 is 0.542 bits per heavy atom. The number of carboxylic acids is 2. The number of carbonyl (C=O) groups is 6. The van der Waals surface area contributed by atoms with E-state index in [9.17, 15) is 39.0 Å². The summed E-state index contributed by atoms with van der Waals surface area (Å²) in [4.78, 5) is 78.5. The summed E-state index contributed by atoms with van der Waals surface area (Å²) in [5.74, 6) is -3.26. The zero-order valence-corrected chi connectivity index (χ0v) is 38.2. The van der Waals surface area contributed by atoms with Gasteiger partial charge in [-0.15, -0.1) is 23.5 Å². The van der Waals surface area contributed by atoms with Crippen LogP contribution in [0.25, 0.3) is 0 Å². The summed E-state index contributed by atoms with van der Waals surface area (Å²) >= 11 is 5.32. The molecule has 2 fully saturated rings. The summed E-state index contributed by atoms with van der Waals surface area (Å²) in [6.07, 6.45) is 0.715. The normalized spacial score (nSPS) is 19.4. The van der Waals surface area contributed by atoms with E-state index in [0.29, 0.717) is 48.6 Å². The number of amides is 2. The molecule has 0 aromatic heterocycles. The quantitative estimate of drug-likeness (QED) is 0.156. The van der Waals surface area contributed by atoms with Crippen LogP contribution in [0, 0.1) is 11.8 Å². The number of thioether (sulfide) groups is 4. The topological polar surface area (TPSA) is 155 Å². The Hall–Kier alpha value is -3.24. The van der Waals surface area contributed by atoms with Crippen molar-refractivity contribution >= 4 is 119 Å². The average molecular weight is 897 g/mol. The molecule has 2 aliphatic rings. The van der Waals surface area contributed by atoms with Gasteiger partial charge in [0, 0.05) is 67.8 Å². The fourth-order valence-electron chi connectivity index (χ4n) is 6.51. The molecule has 0 N–H and O–H groups in total. The molecule has 2 aliphatic heterocycles. The second kappa shape index (κ2) is 24.3. The van der Waals surface area contributed by atoms with Crippen LogP contribution in [0.4, 0.5) is 0 Å². The van der Waals surface area contributed by atoms with E-state index in [1.165, 1.54) is 9.80 Å². The summed E-state index contributed by atoms with van der Waals surface area (Å²) in [5, 5.41) is 23.0. The molecule has 0 saturated carbocycles. The molecule has 4 aromatic rings. The third kappa shape index (κ3) is 14.4. The Kier molecular flexibility index (Phi) is 19.9. The minimum Gasteiger partial charge on any atom is -0.548 e. The van der Waals surface area contributed by atoms with Crippen molar-refractivity contribution in [2.45, 2.75) is 59.1 Å². The van der Waals surface area contributed by atoms with Gasteiger partial charge < -0.3 is 29.6 Å². The maximum atomic E-state index is 12.9. The first-order valence-corrected chi connectivity index (χ1v) is 22.5. The molecule has 4 aromatic carbocycles. The molecule has 59 heavy (non-hydrogen) atoms. The van der Waals surface area contributed by atoms with Crippen molar-refractivity contribution in [2.75, 3.05) is 24.6 Å². The smallest absolute Gasteiger partial charge is 0.548 e. The van der Waals surface area contributed by atoms with Crippen molar-refractivity contribution in [3.63, 3.8) is 0 Å². The number of carbonyl (C=O) groups excluding carboxylic acids is 6. The fraction of sp³-hybridized carbons (Fsp3) is 0.318. The Morgan fingerprint density at radius 2 is 0.847 bits per heavy atom. The second-order valence-corrected chi connectivity index (χ2v) is 18.7. The number of aliphatic carboxylic acids is 2. The van der Waals surface area contributed by atoms with E-state index in [0.717, 1.165) is 33.3 Å². The van der Waals surface area contributed by atoms with Crippen LogP contribution >= 0.6 is 47.0 Å². The second-order valence-electron chi connectivity index (χ2n) is 14.0. The van der Waals surface area contributed by atoms with Crippen LogP contribution in [-0.4, -0.2) is 129 Å². The molecule has 10 nitrogen and oxygen atoms in total. The van der Waals surface area contributed by atoms with Gasteiger partial charge in [0.15, 0.2) is 0 Å². The molecular formula is C44H44CaN2O8S4. The van der Waals surface area contributed by atoms with Gasteiger partial charge >= 0.3 is 37.7 Å².